The highest BCUT2D eigenvalue weighted by Gasteiger charge is 2.25. The van der Waals surface area contributed by atoms with E-state index in [1.807, 2.05) is 7.05 Å². The van der Waals surface area contributed by atoms with Gasteiger partial charge in [0.05, 0.1) is 6.04 Å². The smallest absolute Gasteiger partial charge is 0.258 e. The van der Waals surface area contributed by atoms with E-state index >= 15 is 0 Å². The summed E-state index contributed by atoms with van der Waals surface area (Å²) in [6.07, 6.45) is 1.69. The fourth-order valence-electron chi connectivity index (χ4n) is 2.26. The van der Waals surface area contributed by atoms with Crippen molar-refractivity contribution in [1.82, 2.24) is 24.9 Å². The maximum Gasteiger partial charge on any atom is 0.258 e. The lowest BCUT2D eigenvalue weighted by Gasteiger charge is -2.30. The van der Waals surface area contributed by atoms with Gasteiger partial charge in [-0.2, -0.15) is 4.98 Å². The normalized spacial score (nSPS) is 19.2. The molecule has 8 heteroatoms. The van der Waals surface area contributed by atoms with Gasteiger partial charge in [-0.3, -0.25) is 9.69 Å². The Labute approximate surface area is 128 Å². The summed E-state index contributed by atoms with van der Waals surface area (Å²) in [5, 5.41) is 7.35. The highest BCUT2D eigenvalue weighted by molar-refractivity contribution is 5.85. The number of aryl methyl sites for hydroxylation is 1. The lowest BCUT2D eigenvalue weighted by molar-refractivity contribution is 0.190. The predicted octanol–water partition coefficient (Wildman–Crippen LogP) is 0.433. The van der Waals surface area contributed by atoms with Gasteiger partial charge >= 0.3 is 0 Å². The van der Waals surface area contributed by atoms with Crippen molar-refractivity contribution in [3.63, 3.8) is 0 Å². The van der Waals surface area contributed by atoms with E-state index in [0.717, 1.165) is 19.6 Å². The molecule has 1 aliphatic rings. The first kappa shape index (κ1) is 15.7. The van der Waals surface area contributed by atoms with Gasteiger partial charge in [-0.15, -0.1) is 12.4 Å². The Morgan fingerprint density at radius 2 is 2.24 bits per heavy atom. The molecule has 114 valence electrons. The predicted molar refractivity (Wildman–Crippen MR) is 80.5 cm³/mol. The molecule has 1 fully saturated rings. The summed E-state index contributed by atoms with van der Waals surface area (Å²) in [6.45, 7) is 2.71. The first-order valence-electron chi connectivity index (χ1n) is 6.57. The molecule has 0 aromatic carbocycles. The quantitative estimate of drug-likeness (QED) is 0.867. The molecule has 1 unspecified atom stereocenters. The molecule has 3 rings (SSSR count). The van der Waals surface area contributed by atoms with Crippen molar-refractivity contribution in [1.29, 1.82) is 0 Å². The van der Waals surface area contributed by atoms with Crippen LogP contribution in [0.3, 0.4) is 0 Å². The van der Waals surface area contributed by atoms with E-state index in [0.29, 0.717) is 17.3 Å². The zero-order valence-electron chi connectivity index (χ0n) is 11.9. The van der Waals surface area contributed by atoms with Gasteiger partial charge in [-0.05, 0) is 13.1 Å². The lowest BCUT2D eigenvalue weighted by atomic mass is 10.2. The molecule has 3 heterocycles. The van der Waals surface area contributed by atoms with E-state index in [2.05, 4.69) is 20.4 Å². The molecule has 0 aliphatic carbocycles. The summed E-state index contributed by atoms with van der Waals surface area (Å²) in [5.74, 6) is 1.03. The Hall–Kier alpha value is -1.70. The average molecular weight is 312 g/mol. The Balaban J connectivity index is 0.00000161. The van der Waals surface area contributed by atoms with Crippen LogP contribution in [0.15, 0.2) is 27.6 Å². The number of pyridine rings is 1. The summed E-state index contributed by atoms with van der Waals surface area (Å²) >= 11 is 0. The maximum atomic E-state index is 11.6. The first-order chi connectivity index (χ1) is 9.65. The number of hydrogen-bond donors (Lipinski definition) is 1. The highest BCUT2D eigenvalue weighted by atomic mass is 35.5. The number of nitrogens with zero attached hydrogens (tertiary/aromatic N) is 4. The van der Waals surface area contributed by atoms with Gasteiger partial charge in [-0.25, -0.2) is 0 Å². The number of piperazine rings is 1. The SMILES string of the molecule is CN1CCNCC1c1noc(-c2ccn(C)c(=O)c2)n1.Cl. The van der Waals surface area contributed by atoms with Crippen LogP contribution >= 0.6 is 12.4 Å². The van der Waals surface area contributed by atoms with Gasteiger partial charge in [0.2, 0.25) is 0 Å². The first-order valence-corrected chi connectivity index (χ1v) is 6.57. The number of nitrogens with one attached hydrogen (secondary N) is 1. The van der Waals surface area contributed by atoms with E-state index < -0.39 is 0 Å². The average Bonchev–Trinajstić information content (AvgIpc) is 2.92. The van der Waals surface area contributed by atoms with Crippen LogP contribution < -0.4 is 10.9 Å². The maximum absolute atomic E-state index is 11.6. The van der Waals surface area contributed by atoms with Crippen LogP contribution in [0.5, 0.6) is 0 Å². The van der Waals surface area contributed by atoms with E-state index in [1.54, 1.807) is 19.3 Å². The Morgan fingerprint density at radius 3 is 2.95 bits per heavy atom. The Morgan fingerprint density at radius 1 is 1.43 bits per heavy atom. The van der Waals surface area contributed by atoms with Crippen molar-refractivity contribution in [3.05, 3.63) is 34.5 Å². The van der Waals surface area contributed by atoms with Crippen molar-refractivity contribution < 1.29 is 4.52 Å². The summed E-state index contributed by atoms with van der Waals surface area (Å²) in [4.78, 5) is 18.2. The second kappa shape index (κ2) is 6.38. The monoisotopic (exact) mass is 311 g/mol. The molecule has 2 aromatic rings. The topological polar surface area (TPSA) is 76.2 Å². The second-order valence-corrected chi connectivity index (χ2v) is 5.02. The van der Waals surface area contributed by atoms with Crippen molar-refractivity contribution in [2.75, 3.05) is 26.7 Å². The molecule has 1 N–H and O–H groups in total. The third-order valence-corrected chi connectivity index (χ3v) is 3.60. The number of rotatable bonds is 2. The molecule has 2 aromatic heterocycles. The summed E-state index contributed by atoms with van der Waals surface area (Å²) in [6, 6.07) is 3.40. The molecule has 1 atom stereocenters. The van der Waals surface area contributed by atoms with Crippen LogP contribution in [0.2, 0.25) is 0 Å². The van der Waals surface area contributed by atoms with Gasteiger partial charge in [-0.1, -0.05) is 5.16 Å². The third kappa shape index (κ3) is 3.15. The minimum atomic E-state index is -0.0984. The lowest BCUT2D eigenvalue weighted by Crippen LogP contribution is -2.44. The molecular formula is C13H18ClN5O2. The van der Waals surface area contributed by atoms with Gasteiger partial charge < -0.3 is 14.4 Å². The largest absolute Gasteiger partial charge is 0.334 e. The molecule has 1 aliphatic heterocycles. The Kier molecular flexibility index (Phi) is 4.76. The van der Waals surface area contributed by atoms with Crippen molar-refractivity contribution in [3.8, 4) is 11.5 Å². The van der Waals surface area contributed by atoms with Gasteiger partial charge in [0.1, 0.15) is 0 Å². The zero-order valence-corrected chi connectivity index (χ0v) is 12.8. The van der Waals surface area contributed by atoms with Gasteiger partial charge in [0, 0.05) is 44.5 Å². The van der Waals surface area contributed by atoms with E-state index in [-0.39, 0.29) is 24.0 Å². The van der Waals surface area contributed by atoms with Crippen molar-refractivity contribution >= 4 is 12.4 Å². The number of likely N-dealkylation sites (N-methyl/N-ethyl adjacent to an activating group) is 1. The molecule has 0 radical (unpaired) electrons. The Bertz CT molecular complexity index is 669. The summed E-state index contributed by atoms with van der Waals surface area (Å²) < 4.78 is 6.78. The minimum absolute atomic E-state index is 0. The summed E-state index contributed by atoms with van der Waals surface area (Å²) in [5.41, 5.74) is 0.553. The molecule has 0 amide bonds. The van der Waals surface area contributed by atoms with E-state index in [9.17, 15) is 4.79 Å². The fourth-order valence-corrected chi connectivity index (χ4v) is 2.26. The van der Waals surface area contributed by atoms with Crippen LogP contribution in [0.25, 0.3) is 11.5 Å². The van der Waals surface area contributed by atoms with Crippen LogP contribution in [0.4, 0.5) is 0 Å². The minimum Gasteiger partial charge on any atom is -0.334 e. The molecule has 21 heavy (non-hydrogen) atoms. The van der Waals surface area contributed by atoms with E-state index in [1.165, 1.54) is 10.6 Å². The van der Waals surface area contributed by atoms with Crippen LogP contribution in [0, 0.1) is 0 Å². The highest BCUT2D eigenvalue weighted by Crippen LogP contribution is 2.21. The van der Waals surface area contributed by atoms with Gasteiger partial charge in [0.15, 0.2) is 5.82 Å². The van der Waals surface area contributed by atoms with Crippen LogP contribution in [-0.2, 0) is 7.05 Å². The molecule has 0 bridgehead atoms. The number of aromatic nitrogens is 3. The third-order valence-electron chi connectivity index (χ3n) is 3.60. The molecule has 1 saturated heterocycles. The zero-order chi connectivity index (χ0) is 14.1. The molecule has 0 spiro atoms. The molecular weight excluding hydrogens is 294 g/mol. The van der Waals surface area contributed by atoms with Crippen molar-refractivity contribution in [2.24, 2.45) is 7.05 Å². The van der Waals surface area contributed by atoms with Crippen LogP contribution in [0.1, 0.15) is 11.9 Å². The molecule has 7 nitrogen and oxygen atoms in total. The van der Waals surface area contributed by atoms with E-state index in [4.69, 9.17) is 4.52 Å². The standard InChI is InChI=1S/C13H17N5O2.ClH/c1-17-6-4-14-8-10(17)12-15-13(20-16-12)9-3-5-18(2)11(19)7-9;/h3,5,7,10,14H,4,6,8H2,1-2H3;1H. The summed E-state index contributed by atoms with van der Waals surface area (Å²) in [7, 11) is 3.74. The number of halogens is 1. The van der Waals surface area contributed by atoms with Crippen molar-refractivity contribution in [2.45, 2.75) is 6.04 Å². The second-order valence-electron chi connectivity index (χ2n) is 5.02. The van der Waals surface area contributed by atoms with Gasteiger partial charge in [0.25, 0.3) is 11.4 Å². The molecule has 0 saturated carbocycles. The fraction of sp³-hybridized carbons (Fsp3) is 0.462. The van der Waals surface area contributed by atoms with Crippen LogP contribution in [-0.4, -0.2) is 46.3 Å². The number of hydrogen-bond acceptors (Lipinski definition) is 6.